The highest BCUT2D eigenvalue weighted by molar-refractivity contribution is 5.75. The van der Waals surface area contributed by atoms with Crippen molar-refractivity contribution in [2.75, 3.05) is 14.1 Å². The molecule has 0 saturated heterocycles. The molecule has 1 N–H and O–H groups in total. The first kappa shape index (κ1) is 31.3. The summed E-state index contributed by atoms with van der Waals surface area (Å²) in [6.07, 6.45) is 10.7. The van der Waals surface area contributed by atoms with Crippen LogP contribution >= 0.6 is 0 Å². The van der Waals surface area contributed by atoms with Crippen LogP contribution in [-0.2, 0) is 9.59 Å². The Hall–Kier alpha value is -1.14. The fourth-order valence-corrected chi connectivity index (χ4v) is 0.492. The van der Waals surface area contributed by atoms with Gasteiger partial charge in [-0.2, -0.15) is 0 Å². The molecule has 0 rings (SSSR count). The number of ketones is 1. The van der Waals surface area contributed by atoms with Crippen molar-refractivity contribution in [3.63, 3.8) is 0 Å². The molecule has 0 heterocycles. The van der Waals surface area contributed by atoms with Crippen molar-refractivity contribution in [3.8, 4) is 12.8 Å². The minimum atomic E-state index is 0.204. The van der Waals surface area contributed by atoms with E-state index < -0.39 is 0 Å². The summed E-state index contributed by atoms with van der Waals surface area (Å²) in [5.41, 5.74) is 0. The Morgan fingerprint density at radius 1 is 1.10 bits per heavy atom. The van der Waals surface area contributed by atoms with Crippen LogP contribution in [0.1, 0.15) is 61.3 Å². The predicted octanol–water partition coefficient (Wildman–Crippen LogP) is 3.96. The molecule has 3 heteroatoms. The molecular weight excluding hydrogens is 250 g/mol. The van der Waals surface area contributed by atoms with E-state index in [0.29, 0.717) is 11.7 Å². The molecule has 0 aliphatic rings. The van der Waals surface area contributed by atoms with E-state index in [9.17, 15) is 9.59 Å². The lowest BCUT2D eigenvalue weighted by Gasteiger charge is -1.98. The molecule has 0 aromatic heterocycles. The molecule has 0 aliphatic heterocycles. The van der Waals surface area contributed by atoms with Crippen LogP contribution in [0.15, 0.2) is 0 Å². The molecule has 20 heavy (non-hydrogen) atoms. The summed E-state index contributed by atoms with van der Waals surface area (Å²) in [7, 11) is 3.75. The summed E-state index contributed by atoms with van der Waals surface area (Å²) in [4.78, 5) is 19.9. The smallest absolute Gasteiger partial charge is 0.129 e. The van der Waals surface area contributed by atoms with Crippen molar-refractivity contribution in [2.24, 2.45) is 11.8 Å². The minimum absolute atomic E-state index is 0.204. The van der Waals surface area contributed by atoms with Crippen molar-refractivity contribution in [1.82, 2.24) is 5.32 Å². The molecule has 0 unspecified atom stereocenters. The van der Waals surface area contributed by atoms with E-state index in [1.165, 1.54) is 0 Å². The molecule has 0 fully saturated rings. The summed E-state index contributed by atoms with van der Waals surface area (Å²) < 4.78 is 0. The number of hydrogen-bond acceptors (Lipinski definition) is 3. The molecule has 0 spiro atoms. The maximum Gasteiger partial charge on any atom is 0.129 e. The second-order valence-electron chi connectivity index (χ2n) is 4.51. The molecule has 0 atom stereocenters. The van der Waals surface area contributed by atoms with Crippen LogP contribution in [0.5, 0.6) is 0 Å². The molecule has 0 bridgehead atoms. The summed E-state index contributed by atoms with van der Waals surface area (Å²) >= 11 is 0. The van der Waals surface area contributed by atoms with Gasteiger partial charge in [0.15, 0.2) is 0 Å². The third-order valence-electron chi connectivity index (χ3n) is 1.35. The van der Waals surface area contributed by atoms with Gasteiger partial charge >= 0.3 is 0 Å². The van der Waals surface area contributed by atoms with Crippen molar-refractivity contribution >= 4 is 12.1 Å². The van der Waals surface area contributed by atoms with Crippen LogP contribution in [0, 0.1) is 24.7 Å². The Morgan fingerprint density at radius 3 is 1.40 bits per heavy atom. The van der Waals surface area contributed by atoms with Gasteiger partial charge in [-0.1, -0.05) is 41.5 Å². The number of terminal acetylenes is 1. The van der Waals surface area contributed by atoms with Crippen molar-refractivity contribution in [3.05, 3.63) is 0 Å². The maximum absolute atomic E-state index is 10.3. The molecule has 0 aromatic rings. The van der Waals surface area contributed by atoms with Gasteiger partial charge in [-0.05, 0) is 33.4 Å². The van der Waals surface area contributed by atoms with Crippen molar-refractivity contribution in [1.29, 1.82) is 0 Å². The second kappa shape index (κ2) is 36.1. The minimum Gasteiger partial charge on any atom is -0.323 e. The lowest BCUT2D eigenvalue weighted by atomic mass is 10.1. The molecule has 0 radical (unpaired) electrons. The predicted molar refractivity (Wildman–Crippen MR) is 91.9 cm³/mol. The number of Topliss-reactive ketones (excluding diaryl/α,β-unsaturated/α-hetero) is 1. The van der Waals surface area contributed by atoms with Gasteiger partial charge in [-0.3, -0.25) is 0 Å². The first-order chi connectivity index (χ1) is 9.31. The van der Waals surface area contributed by atoms with Crippen LogP contribution in [0.4, 0.5) is 0 Å². The van der Waals surface area contributed by atoms with Gasteiger partial charge in [0, 0.05) is 12.3 Å². The highest BCUT2D eigenvalue weighted by Crippen LogP contribution is 2.02. The number of hydrogen-bond donors (Lipinski definition) is 1. The summed E-state index contributed by atoms with van der Waals surface area (Å²) in [5, 5.41) is 2.75. The van der Waals surface area contributed by atoms with Gasteiger partial charge in [-0.15, -0.1) is 12.8 Å². The topological polar surface area (TPSA) is 46.2 Å². The molecular formula is C17H37NO2. The van der Waals surface area contributed by atoms with Gasteiger partial charge < -0.3 is 14.9 Å². The normalized spacial score (nSPS) is 7.45. The fraction of sp³-hybridized carbons (Fsp3) is 0.765. The zero-order chi connectivity index (χ0) is 17.6. The lowest BCUT2D eigenvalue weighted by molar-refractivity contribution is -0.117. The number of carbonyl (C=O) groups excluding carboxylic acids is 2. The van der Waals surface area contributed by atoms with Gasteiger partial charge in [0.25, 0.3) is 0 Å². The third kappa shape index (κ3) is 124. The van der Waals surface area contributed by atoms with Crippen molar-refractivity contribution < 1.29 is 9.59 Å². The van der Waals surface area contributed by atoms with Gasteiger partial charge in [-0.25, -0.2) is 0 Å². The van der Waals surface area contributed by atoms with Crippen LogP contribution in [0.3, 0.4) is 0 Å². The second-order valence-corrected chi connectivity index (χ2v) is 4.51. The van der Waals surface area contributed by atoms with Crippen LogP contribution < -0.4 is 5.32 Å². The van der Waals surface area contributed by atoms with Gasteiger partial charge in [0.1, 0.15) is 12.1 Å². The Balaban J connectivity index is -0.0000000539. The van der Waals surface area contributed by atoms with E-state index in [-0.39, 0.29) is 5.92 Å². The number of nitrogens with one attached hydrogen (secondary N) is 1. The quantitative estimate of drug-likeness (QED) is 0.629. The van der Waals surface area contributed by atoms with E-state index in [0.717, 1.165) is 19.1 Å². The van der Waals surface area contributed by atoms with E-state index in [2.05, 4.69) is 32.0 Å². The standard InChI is InChI=1S/C7H14O.C4H8O.C2H7N.C2H6.C2H2/c1-6(2)4-5-7(3)8;1-4(2)3-5;1-3-2;2*1-2/h6H,4-5H2,1-3H3;3-4H,1-2H3;3H,1-2H3;1-2H3;1-2H. The van der Waals surface area contributed by atoms with Gasteiger partial charge in [0.2, 0.25) is 0 Å². The Morgan fingerprint density at radius 2 is 1.35 bits per heavy atom. The van der Waals surface area contributed by atoms with Crippen LogP contribution in [0.2, 0.25) is 0 Å². The van der Waals surface area contributed by atoms with E-state index in [1.807, 2.05) is 41.8 Å². The third-order valence-corrected chi connectivity index (χ3v) is 1.35. The summed E-state index contributed by atoms with van der Waals surface area (Å²) in [6.45, 7) is 13.6. The van der Waals surface area contributed by atoms with E-state index in [1.54, 1.807) is 6.92 Å². The Bertz CT molecular complexity index is 185. The molecule has 0 aliphatic carbocycles. The average Bonchev–Trinajstić information content (AvgIpc) is 2.42. The van der Waals surface area contributed by atoms with Crippen molar-refractivity contribution in [2.45, 2.75) is 61.3 Å². The zero-order valence-corrected chi connectivity index (χ0v) is 15.1. The van der Waals surface area contributed by atoms with Crippen LogP contribution in [-0.4, -0.2) is 26.2 Å². The molecule has 0 saturated carbocycles. The molecule has 0 aromatic carbocycles. The first-order valence-electron chi connectivity index (χ1n) is 7.18. The average molecular weight is 287 g/mol. The van der Waals surface area contributed by atoms with E-state index >= 15 is 0 Å². The lowest BCUT2D eigenvalue weighted by Crippen LogP contribution is -1.93. The molecule has 122 valence electrons. The Labute approximate surface area is 127 Å². The number of carbonyl (C=O) groups is 2. The number of aldehydes is 1. The highest BCUT2D eigenvalue weighted by atomic mass is 16.1. The van der Waals surface area contributed by atoms with Crippen LogP contribution in [0.25, 0.3) is 0 Å². The SMILES string of the molecule is C#C.CC.CC(=O)CCC(C)C.CC(C)C=O.CNC. The molecule has 0 amide bonds. The summed E-state index contributed by atoms with van der Waals surface area (Å²) in [5.74, 6) is 1.17. The number of rotatable bonds is 4. The fourth-order valence-electron chi connectivity index (χ4n) is 0.492. The monoisotopic (exact) mass is 287 g/mol. The highest BCUT2D eigenvalue weighted by Gasteiger charge is 1.95. The summed E-state index contributed by atoms with van der Waals surface area (Å²) in [6, 6.07) is 0. The largest absolute Gasteiger partial charge is 0.323 e. The zero-order valence-electron chi connectivity index (χ0n) is 15.1. The Kier molecular flexibility index (Phi) is 56.5. The first-order valence-corrected chi connectivity index (χ1v) is 7.18. The van der Waals surface area contributed by atoms with Gasteiger partial charge in [0.05, 0.1) is 0 Å². The van der Waals surface area contributed by atoms with E-state index in [4.69, 9.17) is 0 Å². The molecule has 3 nitrogen and oxygen atoms in total. The maximum atomic E-state index is 10.3.